The molecular weight excluding hydrogens is 464 g/mol. The van der Waals surface area contributed by atoms with Crippen molar-refractivity contribution in [2.24, 2.45) is 28.1 Å². The molecule has 0 radical (unpaired) electrons. The summed E-state index contributed by atoms with van der Waals surface area (Å²) in [7, 11) is 0. The molecule has 0 aromatic rings. The lowest BCUT2D eigenvalue weighted by Crippen LogP contribution is -2.69. The molecule has 1 fully saturated rings. The molecule has 206 valence electrons. The summed E-state index contributed by atoms with van der Waals surface area (Å²) >= 11 is 0. The summed E-state index contributed by atoms with van der Waals surface area (Å²) in [5.74, 6) is -0.835. The Balaban J connectivity index is 2.39. The Morgan fingerprint density at radius 3 is 2.24 bits per heavy atom. The van der Waals surface area contributed by atoms with Crippen molar-refractivity contribution in [1.82, 2.24) is 0 Å². The molecule has 1 heterocycles. The number of ether oxygens (including phenoxy) is 1. The maximum Gasteiger partial charge on any atom is 0.175 e. The van der Waals surface area contributed by atoms with E-state index in [1.54, 1.807) is 20.8 Å². The zero-order valence-electron chi connectivity index (χ0n) is 24.7. The maximum absolute atomic E-state index is 14.8. The van der Waals surface area contributed by atoms with Crippen molar-refractivity contribution in [3.8, 4) is 0 Å². The first kappa shape index (κ1) is 29.5. The second-order valence-electron chi connectivity index (χ2n) is 13.3. The van der Waals surface area contributed by atoms with E-state index >= 15 is 0 Å². The predicted octanol–water partition coefficient (Wildman–Crippen LogP) is 6.69. The van der Waals surface area contributed by atoms with Crippen molar-refractivity contribution in [2.75, 3.05) is 0 Å². The number of ketones is 3. The molecule has 2 aliphatic carbocycles. The summed E-state index contributed by atoms with van der Waals surface area (Å²) in [5, 5.41) is 10.9. The van der Waals surface area contributed by atoms with Gasteiger partial charge < -0.3 is 9.84 Å². The lowest BCUT2D eigenvalue weighted by molar-refractivity contribution is -0.180. The molecular formula is C32H48O5. The van der Waals surface area contributed by atoms with Crippen LogP contribution in [0.15, 0.2) is 34.6 Å². The van der Waals surface area contributed by atoms with Crippen molar-refractivity contribution in [1.29, 1.82) is 0 Å². The molecule has 3 aliphatic rings. The van der Waals surface area contributed by atoms with Gasteiger partial charge in [0.05, 0.1) is 11.0 Å². The Kier molecular flexibility index (Phi) is 7.94. The molecule has 1 N–H and O–H groups in total. The second-order valence-corrected chi connectivity index (χ2v) is 13.3. The highest BCUT2D eigenvalue weighted by Crippen LogP contribution is 2.69. The van der Waals surface area contributed by atoms with Gasteiger partial charge in [-0.2, -0.15) is 0 Å². The number of carbonyl (C=O) groups is 3. The zero-order chi connectivity index (χ0) is 28.1. The minimum atomic E-state index is -1.55. The van der Waals surface area contributed by atoms with Gasteiger partial charge in [-0.3, -0.25) is 14.4 Å². The molecule has 2 bridgehead atoms. The fourth-order valence-electron chi connectivity index (χ4n) is 6.95. The Labute approximate surface area is 223 Å². The number of rotatable bonds is 9. The Morgan fingerprint density at radius 1 is 1.14 bits per heavy atom. The number of hydrogen-bond donors (Lipinski definition) is 1. The van der Waals surface area contributed by atoms with E-state index in [1.807, 2.05) is 13.8 Å². The Hall–Kier alpha value is -2.01. The van der Waals surface area contributed by atoms with E-state index in [4.69, 9.17) is 4.74 Å². The topological polar surface area (TPSA) is 80.7 Å². The smallest absolute Gasteiger partial charge is 0.175 e. The van der Waals surface area contributed by atoms with Crippen molar-refractivity contribution < 1.29 is 24.2 Å². The second kappa shape index (κ2) is 9.94. The molecule has 0 amide bonds. The molecule has 1 saturated carbocycles. The normalized spacial score (nSPS) is 34.0. The number of Topliss-reactive ketones (excluding diaryl/α,β-unsaturated/α-hetero) is 3. The van der Waals surface area contributed by atoms with Crippen LogP contribution < -0.4 is 0 Å². The van der Waals surface area contributed by atoms with E-state index in [0.29, 0.717) is 31.3 Å². The minimum Gasteiger partial charge on any atom is -0.489 e. The van der Waals surface area contributed by atoms with Gasteiger partial charge in [-0.25, -0.2) is 0 Å². The molecule has 6 atom stereocenters. The van der Waals surface area contributed by atoms with Crippen LogP contribution in [0.5, 0.6) is 0 Å². The third kappa shape index (κ3) is 4.49. The van der Waals surface area contributed by atoms with E-state index in [0.717, 1.165) is 6.42 Å². The van der Waals surface area contributed by atoms with Crippen molar-refractivity contribution in [2.45, 2.75) is 119 Å². The summed E-state index contributed by atoms with van der Waals surface area (Å²) in [6.07, 6.45) is 6.95. The van der Waals surface area contributed by atoms with Gasteiger partial charge in [0.2, 0.25) is 0 Å². The third-order valence-electron chi connectivity index (χ3n) is 9.54. The standard InChI is InChI=1S/C32H48O5/c1-11-21(6)25(33)32-27-23(17-24(37-27)29(7,8)36)26(34)30(9,28(32)35)18-22(15-14-20(4)5)31(32,10)16-12-13-19(2)3/h13-14,21-22,24,36H,11-12,15-18H2,1-10H3/t21-,22-,24-,30+,31+,32-/m0/s1. The molecule has 0 unspecified atom stereocenters. The Morgan fingerprint density at radius 2 is 1.73 bits per heavy atom. The summed E-state index contributed by atoms with van der Waals surface area (Å²) < 4.78 is 6.45. The molecule has 1 aliphatic heterocycles. The zero-order valence-corrected chi connectivity index (χ0v) is 24.7. The summed E-state index contributed by atoms with van der Waals surface area (Å²) in [6.45, 7) is 19.2. The monoisotopic (exact) mass is 512 g/mol. The van der Waals surface area contributed by atoms with Gasteiger partial charge in [-0.05, 0) is 91.9 Å². The molecule has 0 saturated heterocycles. The van der Waals surface area contributed by atoms with Crippen LogP contribution in [0, 0.1) is 28.1 Å². The van der Waals surface area contributed by atoms with Gasteiger partial charge >= 0.3 is 0 Å². The first-order valence-electron chi connectivity index (χ1n) is 14.0. The van der Waals surface area contributed by atoms with E-state index < -0.39 is 27.9 Å². The molecule has 5 nitrogen and oxygen atoms in total. The lowest BCUT2D eigenvalue weighted by atomic mass is 9.39. The highest BCUT2D eigenvalue weighted by Gasteiger charge is 2.76. The maximum atomic E-state index is 14.8. The highest BCUT2D eigenvalue weighted by molar-refractivity contribution is 6.27. The van der Waals surface area contributed by atoms with Crippen molar-refractivity contribution in [3.05, 3.63) is 34.6 Å². The van der Waals surface area contributed by atoms with E-state index in [1.165, 1.54) is 11.1 Å². The molecule has 0 spiro atoms. The summed E-state index contributed by atoms with van der Waals surface area (Å²) in [4.78, 5) is 43.5. The van der Waals surface area contributed by atoms with Gasteiger partial charge in [-0.1, -0.05) is 44.1 Å². The van der Waals surface area contributed by atoms with Crippen LogP contribution in [0.4, 0.5) is 0 Å². The van der Waals surface area contributed by atoms with Crippen LogP contribution in [-0.4, -0.2) is 34.2 Å². The van der Waals surface area contributed by atoms with Crippen molar-refractivity contribution >= 4 is 17.3 Å². The van der Waals surface area contributed by atoms with Gasteiger partial charge in [-0.15, -0.1) is 0 Å². The average molecular weight is 513 g/mol. The fraction of sp³-hybridized carbons (Fsp3) is 0.719. The average Bonchev–Trinajstić information content (AvgIpc) is 3.25. The van der Waals surface area contributed by atoms with E-state index in [9.17, 15) is 19.5 Å². The minimum absolute atomic E-state index is 0.0635. The highest BCUT2D eigenvalue weighted by atomic mass is 16.5. The van der Waals surface area contributed by atoms with Crippen LogP contribution in [0.25, 0.3) is 0 Å². The molecule has 5 heteroatoms. The first-order chi connectivity index (χ1) is 17.0. The molecule has 0 aromatic carbocycles. The summed E-state index contributed by atoms with van der Waals surface area (Å²) in [5.41, 5.74) is -2.00. The third-order valence-corrected chi connectivity index (χ3v) is 9.54. The van der Waals surface area contributed by atoms with Crippen LogP contribution in [-0.2, 0) is 19.1 Å². The lowest BCUT2D eigenvalue weighted by Gasteiger charge is -2.60. The van der Waals surface area contributed by atoms with E-state index in [2.05, 4.69) is 46.8 Å². The van der Waals surface area contributed by atoms with Crippen LogP contribution in [0.3, 0.4) is 0 Å². The molecule has 3 rings (SSSR count). The number of allylic oxidation sites excluding steroid dienone is 5. The van der Waals surface area contributed by atoms with Gasteiger partial charge in [0.25, 0.3) is 0 Å². The Bertz CT molecular complexity index is 1060. The van der Waals surface area contributed by atoms with Crippen LogP contribution in [0.2, 0.25) is 0 Å². The van der Waals surface area contributed by atoms with Crippen LogP contribution in [0.1, 0.15) is 108 Å². The van der Waals surface area contributed by atoms with Crippen LogP contribution >= 0.6 is 0 Å². The van der Waals surface area contributed by atoms with Gasteiger partial charge in [0.15, 0.2) is 22.8 Å². The SMILES string of the molecule is CC[C@H](C)C(=O)[C@]12C(=O)[C@](C)(C[C@H](CC=C(C)C)[C@@]1(C)CCC=C(C)C)C(=O)C1=C2O[C@H](C(C)(C)O)C1. The molecule has 37 heavy (non-hydrogen) atoms. The fourth-order valence-corrected chi connectivity index (χ4v) is 6.95. The van der Waals surface area contributed by atoms with Crippen molar-refractivity contribution in [3.63, 3.8) is 0 Å². The van der Waals surface area contributed by atoms with Gasteiger partial charge in [0, 0.05) is 17.9 Å². The van der Waals surface area contributed by atoms with Gasteiger partial charge in [0.1, 0.15) is 11.9 Å². The number of carbonyl (C=O) groups excluding carboxylic acids is 3. The number of aliphatic hydroxyl groups is 1. The quantitative estimate of drug-likeness (QED) is 0.275. The first-order valence-corrected chi connectivity index (χ1v) is 14.0. The van der Waals surface area contributed by atoms with E-state index in [-0.39, 0.29) is 41.4 Å². The number of fused-ring (bicyclic) bond motifs is 3. The number of hydrogen-bond acceptors (Lipinski definition) is 5. The summed E-state index contributed by atoms with van der Waals surface area (Å²) in [6, 6.07) is 0. The molecule has 0 aromatic heterocycles. The predicted molar refractivity (Wildman–Crippen MR) is 147 cm³/mol. The largest absolute Gasteiger partial charge is 0.489 e.